The zero-order chi connectivity index (χ0) is 15.1. The Kier molecular flexibility index (Phi) is 4.83. The largest absolute Gasteiger partial charge is 0.419 e. The van der Waals surface area contributed by atoms with Crippen LogP contribution in [-0.4, -0.2) is 11.8 Å². The molecule has 0 radical (unpaired) electrons. The van der Waals surface area contributed by atoms with Gasteiger partial charge < -0.3 is 4.74 Å². The maximum Gasteiger partial charge on any atom is 0.335 e. The van der Waals surface area contributed by atoms with Crippen molar-refractivity contribution in [3.63, 3.8) is 0 Å². The van der Waals surface area contributed by atoms with Gasteiger partial charge in [0.05, 0.1) is 0 Å². The highest BCUT2D eigenvalue weighted by Crippen LogP contribution is 2.14. The molecular weight excluding hydrogens is 264 g/mol. The standard InChI is InChI=1S/C18H14O3/c1-2-17(19)21-16(13-14-9-5-3-6-10-14)18(20)15-11-7-4-8-12-15/h2-13H,1H2/b16-13-. The van der Waals surface area contributed by atoms with E-state index in [-0.39, 0.29) is 11.5 Å². The minimum Gasteiger partial charge on any atom is -0.419 e. The smallest absolute Gasteiger partial charge is 0.335 e. The lowest BCUT2D eigenvalue weighted by molar-refractivity contribution is -0.133. The normalized spacial score (nSPS) is 10.8. The Balaban J connectivity index is 2.37. The summed E-state index contributed by atoms with van der Waals surface area (Å²) in [5.41, 5.74) is 1.23. The molecule has 2 aromatic carbocycles. The molecule has 0 saturated carbocycles. The minimum absolute atomic E-state index is 0.0303. The fraction of sp³-hybridized carbons (Fsp3) is 0. The lowest BCUT2D eigenvalue weighted by Crippen LogP contribution is -2.10. The van der Waals surface area contributed by atoms with Gasteiger partial charge in [-0.05, 0) is 11.6 Å². The third-order valence-electron chi connectivity index (χ3n) is 2.73. The van der Waals surface area contributed by atoms with Gasteiger partial charge >= 0.3 is 5.97 Å². The molecule has 2 rings (SSSR count). The number of hydrogen-bond donors (Lipinski definition) is 0. The first kappa shape index (κ1) is 14.5. The Morgan fingerprint density at radius 1 is 0.905 bits per heavy atom. The quantitative estimate of drug-likeness (QED) is 0.363. The number of ether oxygens (including phenoxy) is 1. The summed E-state index contributed by atoms with van der Waals surface area (Å²) < 4.78 is 5.07. The highest BCUT2D eigenvalue weighted by atomic mass is 16.5. The summed E-state index contributed by atoms with van der Waals surface area (Å²) >= 11 is 0. The Labute approximate surface area is 123 Å². The molecular formula is C18H14O3. The van der Waals surface area contributed by atoms with Crippen molar-refractivity contribution in [1.29, 1.82) is 0 Å². The second kappa shape index (κ2) is 7.01. The van der Waals surface area contributed by atoms with Gasteiger partial charge in [0.25, 0.3) is 0 Å². The van der Waals surface area contributed by atoms with E-state index in [4.69, 9.17) is 4.74 Å². The molecule has 0 heterocycles. The summed E-state index contributed by atoms with van der Waals surface area (Å²) in [6.45, 7) is 3.34. The van der Waals surface area contributed by atoms with E-state index in [0.717, 1.165) is 11.6 Å². The highest BCUT2D eigenvalue weighted by molar-refractivity contribution is 6.11. The van der Waals surface area contributed by atoms with E-state index in [2.05, 4.69) is 6.58 Å². The van der Waals surface area contributed by atoms with Crippen LogP contribution in [0.1, 0.15) is 15.9 Å². The lowest BCUT2D eigenvalue weighted by atomic mass is 10.1. The van der Waals surface area contributed by atoms with Gasteiger partial charge in [0.15, 0.2) is 5.76 Å². The average Bonchev–Trinajstić information content (AvgIpc) is 2.55. The molecule has 0 aliphatic carbocycles. The Bertz CT molecular complexity index is 670. The number of Topliss-reactive ketones (excluding diaryl/α,β-unsaturated/α-hetero) is 1. The van der Waals surface area contributed by atoms with Crippen molar-refractivity contribution in [2.75, 3.05) is 0 Å². The van der Waals surface area contributed by atoms with Crippen LogP contribution in [0, 0.1) is 0 Å². The van der Waals surface area contributed by atoms with E-state index < -0.39 is 5.97 Å². The maximum absolute atomic E-state index is 12.4. The van der Waals surface area contributed by atoms with Crippen LogP contribution in [0.2, 0.25) is 0 Å². The SMILES string of the molecule is C=CC(=O)O/C(=C\c1ccccc1)C(=O)c1ccccc1. The third kappa shape index (κ3) is 4.01. The van der Waals surface area contributed by atoms with Crippen LogP contribution >= 0.6 is 0 Å². The van der Waals surface area contributed by atoms with Crippen LogP contribution in [0.3, 0.4) is 0 Å². The van der Waals surface area contributed by atoms with Crippen LogP contribution in [0.4, 0.5) is 0 Å². The van der Waals surface area contributed by atoms with Crippen molar-refractivity contribution >= 4 is 17.8 Å². The molecule has 0 bridgehead atoms. The number of carbonyl (C=O) groups is 2. The molecule has 3 heteroatoms. The van der Waals surface area contributed by atoms with Crippen molar-refractivity contribution in [3.05, 3.63) is 90.2 Å². The molecule has 0 aliphatic rings. The van der Waals surface area contributed by atoms with Gasteiger partial charge in [0.1, 0.15) is 0 Å². The summed E-state index contributed by atoms with van der Waals surface area (Å²) in [5.74, 6) is -1.05. The number of ketones is 1. The molecule has 104 valence electrons. The van der Waals surface area contributed by atoms with Gasteiger partial charge in [-0.25, -0.2) is 4.79 Å². The predicted octanol–water partition coefficient (Wildman–Crippen LogP) is 3.64. The summed E-state index contributed by atoms with van der Waals surface area (Å²) in [6, 6.07) is 17.8. The molecule has 0 saturated heterocycles. The second-order valence-corrected chi connectivity index (χ2v) is 4.24. The van der Waals surface area contributed by atoms with E-state index >= 15 is 0 Å². The fourth-order valence-electron chi connectivity index (χ4n) is 1.72. The van der Waals surface area contributed by atoms with Crippen molar-refractivity contribution in [2.45, 2.75) is 0 Å². The Morgan fingerprint density at radius 2 is 1.48 bits per heavy atom. The Morgan fingerprint density at radius 3 is 2.05 bits per heavy atom. The monoisotopic (exact) mass is 278 g/mol. The molecule has 0 aliphatic heterocycles. The second-order valence-electron chi connectivity index (χ2n) is 4.24. The van der Waals surface area contributed by atoms with E-state index in [9.17, 15) is 9.59 Å². The Hall–Kier alpha value is -2.94. The van der Waals surface area contributed by atoms with E-state index in [1.165, 1.54) is 6.08 Å². The predicted molar refractivity (Wildman–Crippen MR) is 81.5 cm³/mol. The average molecular weight is 278 g/mol. The van der Waals surface area contributed by atoms with Crippen LogP contribution in [0.15, 0.2) is 79.1 Å². The number of hydrogen-bond acceptors (Lipinski definition) is 3. The maximum atomic E-state index is 12.4. The van der Waals surface area contributed by atoms with Gasteiger partial charge in [-0.15, -0.1) is 0 Å². The van der Waals surface area contributed by atoms with Crippen LogP contribution < -0.4 is 0 Å². The molecule has 0 N–H and O–H groups in total. The number of rotatable bonds is 5. The summed E-state index contributed by atoms with van der Waals surface area (Å²) in [5, 5.41) is 0. The fourth-order valence-corrected chi connectivity index (χ4v) is 1.72. The van der Waals surface area contributed by atoms with Gasteiger partial charge in [0, 0.05) is 11.6 Å². The summed E-state index contributed by atoms with van der Waals surface area (Å²) in [6.07, 6.45) is 2.56. The van der Waals surface area contributed by atoms with Gasteiger partial charge in [0.2, 0.25) is 5.78 Å². The summed E-state index contributed by atoms with van der Waals surface area (Å²) in [7, 11) is 0. The molecule has 0 amide bonds. The molecule has 0 spiro atoms. The topological polar surface area (TPSA) is 43.4 Å². The molecule has 0 unspecified atom stereocenters. The van der Waals surface area contributed by atoms with E-state index in [1.54, 1.807) is 24.3 Å². The minimum atomic E-state index is -0.665. The lowest BCUT2D eigenvalue weighted by Gasteiger charge is -2.06. The van der Waals surface area contributed by atoms with E-state index in [1.807, 2.05) is 36.4 Å². The molecule has 0 atom stereocenters. The first-order chi connectivity index (χ1) is 10.2. The van der Waals surface area contributed by atoms with Crippen LogP contribution in [0.5, 0.6) is 0 Å². The van der Waals surface area contributed by atoms with Gasteiger partial charge in [-0.2, -0.15) is 0 Å². The molecule has 2 aromatic rings. The summed E-state index contributed by atoms with van der Waals surface area (Å²) in [4.78, 5) is 23.8. The molecule has 3 nitrogen and oxygen atoms in total. The van der Waals surface area contributed by atoms with Crippen molar-refractivity contribution in [3.8, 4) is 0 Å². The number of benzene rings is 2. The first-order valence-corrected chi connectivity index (χ1v) is 6.41. The van der Waals surface area contributed by atoms with Gasteiger partial charge in [-0.3, -0.25) is 4.79 Å². The first-order valence-electron chi connectivity index (χ1n) is 6.41. The zero-order valence-corrected chi connectivity index (χ0v) is 11.4. The van der Waals surface area contributed by atoms with Crippen LogP contribution in [0.25, 0.3) is 6.08 Å². The molecule has 21 heavy (non-hydrogen) atoms. The number of allylic oxidation sites excluding steroid dienone is 1. The molecule has 0 aromatic heterocycles. The third-order valence-corrected chi connectivity index (χ3v) is 2.73. The molecule has 0 fully saturated rings. The van der Waals surface area contributed by atoms with Crippen molar-refractivity contribution in [1.82, 2.24) is 0 Å². The highest BCUT2D eigenvalue weighted by Gasteiger charge is 2.16. The van der Waals surface area contributed by atoms with E-state index in [0.29, 0.717) is 5.56 Å². The van der Waals surface area contributed by atoms with Crippen molar-refractivity contribution < 1.29 is 14.3 Å². The zero-order valence-electron chi connectivity index (χ0n) is 11.4. The number of carbonyl (C=O) groups excluding carboxylic acids is 2. The van der Waals surface area contributed by atoms with Gasteiger partial charge in [-0.1, -0.05) is 67.2 Å². The van der Waals surface area contributed by atoms with Crippen LogP contribution in [-0.2, 0) is 9.53 Å². The van der Waals surface area contributed by atoms with Crippen molar-refractivity contribution in [2.24, 2.45) is 0 Å². The number of esters is 1.